The number of hydrogen-bond donors (Lipinski definition) is 0. The Labute approximate surface area is 116 Å². The van der Waals surface area contributed by atoms with Crippen LogP contribution in [0.4, 0.5) is 0 Å². The van der Waals surface area contributed by atoms with Crippen molar-refractivity contribution < 1.29 is 13.2 Å². The van der Waals surface area contributed by atoms with Gasteiger partial charge in [-0.1, -0.05) is 27.7 Å². The number of halogens is 1. The Kier molecular flexibility index (Phi) is 5.51. The van der Waals surface area contributed by atoms with Gasteiger partial charge in [0.2, 0.25) is 9.05 Å². The molecule has 1 aliphatic carbocycles. The molecule has 0 aliphatic heterocycles. The van der Waals surface area contributed by atoms with Gasteiger partial charge in [-0.25, -0.2) is 8.42 Å². The minimum atomic E-state index is -3.42. The molecule has 0 aromatic carbocycles. The lowest BCUT2D eigenvalue weighted by atomic mass is 9.71. The van der Waals surface area contributed by atoms with Gasteiger partial charge < -0.3 is 4.74 Å². The normalized spacial score (nSPS) is 30.1. The molecule has 3 unspecified atom stereocenters. The number of hydrogen-bond acceptors (Lipinski definition) is 3. The molecular formula is C13H25ClO3S. The molecule has 3 nitrogen and oxygen atoms in total. The lowest BCUT2D eigenvalue weighted by Gasteiger charge is -2.39. The second kappa shape index (κ2) is 6.10. The Morgan fingerprint density at radius 3 is 2.50 bits per heavy atom. The molecule has 0 aromatic heterocycles. The largest absolute Gasteiger partial charge is 0.378 e. The summed E-state index contributed by atoms with van der Waals surface area (Å²) in [5.41, 5.74) is 0.324. The maximum Gasteiger partial charge on any atom is 0.232 e. The third-order valence-corrected chi connectivity index (χ3v) is 4.79. The molecule has 0 heterocycles. The Hall–Kier alpha value is 0.200. The fraction of sp³-hybridized carbons (Fsp3) is 1.00. The molecule has 0 radical (unpaired) electrons. The van der Waals surface area contributed by atoms with Gasteiger partial charge in [0, 0.05) is 10.7 Å². The highest BCUT2D eigenvalue weighted by atomic mass is 35.7. The molecule has 1 rings (SSSR count). The summed E-state index contributed by atoms with van der Waals surface area (Å²) in [6.45, 7) is 9.12. The summed E-state index contributed by atoms with van der Waals surface area (Å²) in [6, 6.07) is 0. The van der Waals surface area contributed by atoms with E-state index in [2.05, 4.69) is 20.8 Å². The predicted octanol–water partition coefficient (Wildman–Crippen LogP) is 3.42. The summed E-state index contributed by atoms with van der Waals surface area (Å²) in [5, 5.41) is 0. The molecule has 0 N–H and O–H groups in total. The van der Waals surface area contributed by atoms with Crippen LogP contribution in [0.25, 0.3) is 0 Å². The first-order valence-electron chi connectivity index (χ1n) is 6.61. The average Bonchev–Trinajstić information content (AvgIpc) is 2.08. The van der Waals surface area contributed by atoms with E-state index < -0.39 is 9.05 Å². The maximum absolute atomic E-state index is 11.0. The molecule has 0 spiro atoms. The molecule has 3 atom stereocenters. The highest BCUT2D eigenvalue weighted by Gasteiger charge is 2.32. The topological polar surface area (TPSA) is 43.4 Å². The summed E-state index contributed by atoms with van der Waals surface area (Å²) in [4.78, 5) is 0. The van der Waals surface area contributed by atoms with Crippen LogP contribution in [0.1, 0.15) is 47.0 Å². The second-order valence-corrected chi connectivity index (χ2v) is 9.50. The average molecular weight is 297 g/mol. The highest BCUT2D eigenvalue weighted by molar-refractivity contribution is 8.13. The van der Waals surface area contributed by atoms with E-state index in [1.807, 2.05) is 6.92 Å². The molecule has 18 heavy (non-hydrogen) atoms. The molecule has 0 saturated heterocycles. The lowest BCUT2D eigenvalue weighted by Crippen LogP contribution is -2.33. The second-order valence-electron chi connectivity index (χ2n) is 6.68. The van der Waals surface area contributed by atoms with Crippen LogP contribution in [0.15, 0.2) is 0 Å². The summed E-state index contributed by atoms with van der Waals surface area (Å²) < 4.78 is 27.8. The molecule has 0 bridgehead atoms. The highest BCUT2D eigenvalue weighted by Crippen LogP contribution is 2.39. The van der Waals surface area contributed by atoms with E-state index in [4.69, 9.17) is 15.4 Å². The fourth-order valence-corrected chi connectivity index (χ4v) is 4.49. The van der Waals surface area contributed by atoms with Crippen LogP contribution in [-0.4, -0.2) is 26.9 Å². The van der Waals surface area contributed by atoms with Crippen molar-refractivity contribution in [3.8, 4) is 0 Å². The fourth-order valence-electron chi connectivity index (χ4n) is 3.07. The molecular weight excluding hydrogens is 272 g/mol. The molecule has 0 aromatic rings. The molecule has 1 fully saturated rings. The van der Waals surface area contributed by atoms with Gasteiger partial charge in [0.05, 0.1) is 18.5 Å². The van der Waals surface area contributed by atoms with Crippen molar-refractivity contribution in [1.29, 1.82) is 0 Å². The van der Waals surface area contributed by atoms with Crippen LogP contribution in [0.2, 0.25) is 0 Å². The minimum Gasteiger partial charge on any atom is -0.378 e. The maximum atomic E-state index is 11.0. The van der Waals surface area contributed by atoms with E-state index in [0.717, 1.165) is 12.8 Å². The van der Waals surface area contributed by atoms with E-state index in [0.29, 0.717) is 17.9 Å². The zero-order valence-corrected chi connectivity index (χ0v) is 13.4. The zero-order chi connectivity index (χ0) is 14.0. The van der Waals surface area contributed by atoms with Gasteiger partial charge in [-0.3, -0.25) is 0 Å². The van der Waals surface area contributed by atoms with Crippen LogP contribution in [0, 0.1) is 17.3 Å². The van der Waals surface area contributed by atoms with Crippen LogP contribution >= 0.6 is 10.7 Å². The van der Waals surface area contributed by atoms with Crippen molar-refractivity contribution in [3.05, 3.63) is 0 Å². The van der Waals surface area contributed by atoms with Gasteiger partial charge in [-0.15, -0.1) is 0 Å². The van der Waals surface area contributed by atoms with E-state index >= 15 is 0 Å². The van der Waals surface area contributed by atoms with Gasteiger partial charge in [0.25, 0.3) is 0 Å². The Morgan fingerprint density at radius 2 is 2.00 bits per heavy atom. The van der Waals surface area contributed by atoms with Gasteiger partial charge in [0.15, 0.2) is 0 Å². The van der Waals surface area contributed by atoms with Crippen molar-refractivity contribution in [2.24, 2.45) is 17.3 Å². The quantitative estimate of drug-likeness (QED) is 0.730. The van der Waals surface area contributed by atoms with Crippen molar-refractivity contribution in [3.63, 3.8) is 0 Å². The van der Waals surface area contributed by atoms with Crippen molar-refractivity contribution >= 4 is 19.7 Å². The number of rotatable bonds is 5. The Morgan fingerprint density at radius 1 is 1.39 bits per heavy atom. The van der Waals surface area contributed by atoms with E-state index in [9.17, 15) is 8.42 Å². The molecule has 108 valence electrons. The first kappa shape index (κ1) is 16.3. The van der Waals surface area contributed by atoms with Crippen LogP contribution < -0.4 is 0 Å². The Bertz CT molecular complexity index is 364. The monoisotopic (exact) mass is 296 g/mol. The predicted molar refractivity (Wildman–Crippen MR) is 75.3 cm³/mol. The summed E-state index contributed by atoms with van der Waals surface area (Å²) in [7, 11) is 1.82. The third-order valence-electron chi connectivity index (χ3n) is 3.45. The van der Waals surface area contributed by atoms with E-state index in [1.165, 1.54) is 6.42 Å². The van der Waals surface area contributed by atoms with Gasteiger partial charge >= 0.3 is 0 Å². The minimum absolute atomic E-state index is 0.0137. The molecule has 5 heteroatoms. The SMILES string of the molecule is CC1CC(OCC(C)CS(=O)(=O)Cl)CC(C)(C)C1. The summed E-state index contributed by atoms with van der Waals surface area (Å²) >= 11 is 0. The molecule has 0 amide bonds. The first-order valence-corrected chi connectivity index (χ1v) is 9.09. The van der Waals surface area contributed by atoms with Crippen LogP contribution in [0.5, 0.6) is 0 Å². The van der Waals surface area contributed by atoms with E-state index in [1.54, 1.807) is 0 Å². The van der Waals surface area contributed by atoms with Gasteiger partial charge in [0.1, 0.15) is 0 Å². The van der Waals surface area contributed by atoms with Gasteiger partial charge in [-0.2, -0.15) is 0 Å². The standard InChI is InChI=1S/C13H25ClO3S/c1-10-5-12(7-13(3,4)6-10)17-8-11(2)9-18(14,15)16/h10-12H,5-9H2,1-4H3. The van der Waals surface area contributed by atoms with Crippen molar-refractivity contribution in [1.82, 2.24) is 0 Å². The van der Waals surface area contributed by atoms with Crippen LogP contribution in [0.3, 0.4) is 0 Å². The lowest BCUT2D eigenvalue weighted by molar-refractivity contribution is -0.0321. The summed E-state index contributed by atoms with van der Waals surface area (Å²) in [5.74, 6) is 0.610. The molecule has 1 saturated carbocycles. The van der Waals surface area contributed by atoms with E-state index in [-0.39, 0.29) is 17.8 Å². The van der Waals surface area contributed by atoms with Crippen molar-refractivity contribution in [2.45, 2.75) is 53.1 Å². The smallest absolute Gasteiger partial charge is 0.232 e. The van der Waals surface area contributed by atoms with Crippen molar-refractivity contribution in [2.75, 3.05) is 12.4 Å². The summed E-state index contributed by atoms with van der Waals surface area (Å²) in [6.07, 6.45) is 3.61. The zero-order valence-electron chi connectivity index (χ0n) is 11.8. The van der Waals surface area contributed by atoms with Crippen LogP contribution in [-0.2, 0) is 13.8 Å². The Balaban J connectivity index is 2.39. The first-order chi connectivity index (χ1) is 8.07. The number of ether oxygens (including phenoxy) is 1. The van der Waals surface area contributed by atoms with Gasteiger partial charge in [-0.05, 0) is 36.5 Å². The third kappa shape index (κ3) is 6.39. The molecule has 1 aliphatic rings.